The monoisotopic (exact) mass is 303 g/mol. The predicted octanol–water partition coefficient (Wildman–Crippen LogP) is 0.538. The van der Waals surface area contributed by atoms with Crippen LogP contribution in [0.2, 0.25) is 0 Å². The Hall–Kier alpha value is -0.950. The number of hydrogen-bond acceptors (Lipinski definition) is 4. The van der Waals surface area contributed by atoms with E-state index in [1.807, 2.05) is 6.26 Å². The number of carbonyl (C=O) groups excluding carboxylic acids is 2. The number of carbonyl (C=O) groups is 2. The Morgan fingerprint density at radius 3 is 2.65 bits per heavy atom. The van der Waals surface area contributed by atoms with E-state index in [0.717, 1.165) is 31.4 Å². The first kappa shape index (κ1) is 17.1. The zero-order valence-electron chi connectivity index (χ0n) is 12.2. The number of rotatable bonds is 6. The van der Waals surface area contributed by atoms with Gasteiger partial charge in [-0.3, -0.25) is 4.79 Å². The first-order chi connectivity index (χ1) is 9.47. The van der Waals surface area contributed by atoms with Crippen LogP contribution in [0.25, 0.3) is 0 Å². The highest BCUT2D eigenvalue weighted by molar-refractivity contribution is 7.98. The molecule has 0 aromatic carbocycles. The lowest BCUT2D eigenvalue weighted by molar-refractivity contribution is -0.137. The Morgan fingerprint density at radius 1 is 1.45 bits per heavy atom. The summed E-state index contributed by atoms with van der Waals surface area (Å²) in [5.74, 6) is 0.585. The molecule has 0 spiro atoms. The van der Waals surface area contributed by atoms with Crippen molar-refractivity contribution in [3.63, 3.8) is 0 Å². The molecule has 1 fully saturated rings. The number of aliphatic hydroxyl groups excluding tert-OH is 1. The van der Waals surface area contributed by atoms with Crippen molar-refractivity contribution in [2.24, 2.45) is 5.73 Å². The largest absolute Gasteiger partial charge is 0.391 e. The normalized spacial score (nSPS) is 23.9. The third-order valence-electron chi connectivity index (χ3n) is 3.76. The molecule has 1 aliphatic rings. The van der Waals surface area contributed by atoms with Crippen LogP contribution in [0.15, 0.2) is 0 Å². The molecule has 3 amide bonds. The number of nitrogens with one attached hydrogen (secondary N) is 1. The van der Waals surface area contributed by atoms with Gasteiger partial charge in [0.2, 0.25) is 5.91 Å². The highest BCUT2D eigenvalue weighted by atomic mass is 32.2. The Morgan fingerprint density at radius 2 is 2.10 bits per heavy atom. The minimum atomic E-state index is -0.693. The van der Waals surface area contributed by atoms with Gasteiger partial charge in [0.05, 0.1) is 12.1 Å². The zero-order valence-corrected chi connectivity index (χ0v) is 13.0. The van der Waals surface area contributed by atoms with Crippen molar-refractivity contribution >= 4 is 23.7 Å². The molecule has 20 heavy (non-hydrogen) atoms. The minimum Gasteiger partial charge on any atom is -0.391 e. The molecule has 0 heterocycles. The summed E-state index contributed by atoms with van der Waals surface area (Å²) in [7, 11) is 1.69. The van der Waals surface area contributed by atoms with Gasteiger partial charge in [-0.1, -0.05) is 12.8 Å². The molecule has 1 saturated carbocycles. The van der Waals surface area contributed by atoms with E-state index in [1.165, 1.54) is 0 Å². The predicted molar refractivity (Wildman–Crippen MR) is 80.5 cm³/mol. The Kier molecular flexibility index (Phi) is 7.15. The van der Waals surface area contributed by atoms with E-state index < -0.39 is 18.2 Å². The average molecular weight is 303 g/mol. The summed E-state index contributed by atoms with van der Waals surface area (Å²) >= 11 is 1.61. The number of urea groups is 1. The van der Waals surface area contributed by atoms with E-state index in [1.54, 1.807) is 23.7 Å². The Bertz CT molecular complexity index is 341. The van der Waals surface area contributed by atoms with Crippen LogP contribution >= 0.6 is 11.8 Å². The fourth-order valence-corrected chi connectivity index (χ4v) is 3.09. The van der Waals surface area contributed by atoms with E-state index in [-0.39, 0.29) is 11.9 Å². The lowest BCUT2D eigenvalue weighted by Crippen LogP contribution is -2.54. The molecule has 0 bridgehead atoms. The van der Waals surface area contributed by atoms with Crippen molar-refractivity contribution < 1.29 is 14.7 Å². The van der Waals surface area contributed by atoms with E-state index in [2.05, 4.69) is 5.32 Å². The molecule has 0 aromatic heterocycles. The van der Waals surface area contributed by atoms with Crippen LogP contribution in [0.3, 0.4) is 0 Å². The van der Waals surface area contributed by atoms with Crippen LogP contribution in [-0.2, 0) is 4.79 Å². The molecule has 1 rings (SSSR count). The van der Waals surface area contributed by atoms with Gasteiger partial charge in [0.25, 0.3) is 0 Å². The lowest BCUT2D eigenvalue weighted by Gasteiger charge is -2.37. The highest BCUT2D eigenvalue weighted by Crippen LogP contribution is 2.23. The van der Waals surface area contributed by atoms with Gasteiger partial charge in [-0.05, 0) is 31.3 Å². The number of hydrogen-bond donors (Lipinski definition) is 3. The van der Waals surface area contributed by atoms with Crippen LogP contribution in [0, 0.1) is 0 Å². The summed E-state index contributed by atoms with van der Waals surface area (Å²) < 4.78 is 0. The standard InChI is InChI=1S/C13H25N3O3S/c1-16(10-5-3-4-6-11(10)17)12(18)9(7-8-20-2)15-13(14)19/h9-11,17H,3-8H2,1-2H3,(H3,14,15,19). The van der Waals surface area contributed by atoms with Crippen molar-refractivity contribution in [3.8, 4) is 0 Å². The number of likely N-dealkylation sites (N-methyl/N-ethyl adjacent to an activating group) is 1. The summed E-state index contributed by atoms with van der Waals surface area (Å²) in [6.07, 6.45) is 5.53. The van der Waals surface area contributed by atoms with E-state index in [4.69, 9.17) is 5.73 Å². The van der Waals surface area contributed by atoms with Gasteiger partial charge in [0, 0.05) is 7.05 Å². The maximum atomic E-state index is 12.5. The number of thioether (sulfide) groups is 1. The summed E-state index contributed by atoms with van der Waals surface area (Å²) in [5, 5.41) is 12.5. The quantitative estimate of drug-likeness (QED) is 0.667. The van der Waals surface area contributed by atoms with Crippen molar-refractivity contribution in [3.05, 3.63) is 0 Å². The van der Waals surface area contributed by atoms with E-state index in [9.17, 15) is 14.7 Å². The van der Waals surface area contributed by atoms with Crippen LogP contribution < -0.4 is 11.1 Å². The molecular weight excluding hydrogens is 278 g/mol. The van der Waals surface area contributed by atoms with Crippen molar-refractivity contribution in [2.75, 3.05) is 19.1 Å². The van der Waals surface area contributed by atoms with Gasteiger partial charge >= 0.3 is 6.03 Å². The van der Waals surface area contributed by atoms with Gasteiger partial charge in [0.15, 0.2) is 0 Å². The summed E-state index contributed by atoms with van der Waals surface area (Å²) in [6, 6.07) is -1.47. The number of amides is 3. The van der Waals surface area contributed by atoms with E-state index >= 15 is 0 Å². The fraction of sp³-hybridized carbons (Fsp3) is 0.846. The molecule has 0 saturated heterocycles. The first-order valence-electron chi connectivity index (χ1n) is 6.97. The Balaban J connectivity index is 2.68. The summed E-state index contributed by atoms with van der Waals surface area (Å²) in [4.78, 5) is 25.1. The van der Waals surface area contributed by atoms with Crippen molar-refractivity contribution in [1.29, 1.82) is 0 Å². The molecule has 3 atom stereocenters. The second-order valence-electron chi connectivity index (χ2n) is 5.21. The number of primary amides is 1. The second-order valence-corrected chi connectivity index (χ2v) is 6.20. The third-order valence-corrected chi connectivity index (χ3v) is 4.41. The van der Waals surface area contributed by atoms with Gasteiger partial charge in [-0.15, -0.1) is 0 Å². The van der Waals surface area contributed by atoms with Gasteiger partial charge in [-0.25, -0.2) is 4.79 Å². The molecule has 0 radical (unpaired) electrons. The molecule has 0 aromatic rings. The number of nitrogens with zero attached hydrogens (tertiary/aromatic N) is 1. The topological polar surface area (TPSA) is 95.7 Å². The zero-order chi connectivity index (χ0) is 15.1. The van der Waals surface area contributed by atoms with Gasteiger partial charge in [0.1, 0.15) is 6.04 Å². The number of nitrogens with two attached hydrogens (primary N) is 1. The maximum absolute atomic E-state index is 12.5. The molecule has 116 valence electrons. The molecule has 1 aliphatic carbocycles. The molecule has 4 N–H and O–H groups in total. The van der Waals surface area contributed by atoms with Crippen molar-refractivity contribution in [2.45, 2.75) is 50.3 Å². The summed E-state index contributed by atoms with van der Waals surface area (Å²) in [5.41, 5.74) is 5.13. The van der Waals surface area contributed by atoms with Crippen LogP contribution in [0.4, 0.5) is 4.79 Å². The van der Waals surface area contributed by atoms with Crippen LogP contribution in [-0.4, -0.2) is 59.2 Å². The second kappa shape index (κ2) is 8.36. The molecule has 3 unspecified atom stereocenters. The Labute approximate surface area is 124 Å². The van der Waals surface area contributed by atoms with Gasteiger partial charge in [-0.2, -0.15) is 11.8 Å². The van der Waals surface area contributed by atoms with Gasteiger partial charge < -0.3 is 21.1 Å². The first-order valence-corrected chi connectivity index (χ1v) is 8.36. The summed E-state index contributed by atoms with van der Waals surface area (Å²) in [6.45, 7) is 0. The van der Waals surface area contributed by atoms with Crippen molar-refractivity contribution in [1.82, 2.24) is 10.2 Å². The number of aliphatic hydroxyl groups is 1. The SMILES string of the molecule is CSCCC(NC(N)=O)C(=O)N(C)C1CCCCC1O. The highest BCUT2D eigenvalue weighted by Gasteiger charge is 2.32. The maximum Gasteiger partial charge on any atom is 0.312 e. The van der Waals surface area contributed by atoms with E-state index in [0.29, 0.717) is 6.42 Å². The van der Waals surface area contributed by atoms with Crippen LogP contribution in [0.5, 0.6) is 0 Å². The third kappa shape index (κ3) is 4.86. The average Bonchev–Trinajstić information content (AvgIpc) is 2.42. The van der Waals surface area contributed by atoms with Crippen LogP contribution in [0.1, 0.15) is 32.1 Å². The lowest BCUT2D eigenvalue weighted by atomic mass is 9.91. The smallest absolute Gasteiger partial charge is 0.312 e. The molecule has 6 nitrogen and oxygen atoms in total. The molecule has 7 heteroatoms. The minimum absolute atomic E-state index is 0.164. The molecule has 0 aliphatic heterocycles. The molecular formula is C13H25N3O3S. The fourth-order valence-electron chi connectivity index (χ4n) is 2.62.